The third-order valence-electron chi connectivity index (χ3n) is 4.08. The number of aryl methyl sites for hydroxylation is 2. The first kappa shape index (κ1) is 21.2. The van der Waals surface area contributed by atoms with Crippen molar-refractivity contribution in [3.05, 3.63) is 17.0 Å². The molecule has 0 amide bonds. The van der Waals surface area contributed by atoms with Crippen LogP contribution in [0.5, 0.6) is 0 Å². The van der Waals surface area contributed by atoms with E-state index in [1.807, 2.05) is 0 Å². The Bertz CT molecular complexity index is 479. The van der Waals surface area contributed by atoms with Gasteiger partial charge in [0.25, 0.3) is 0 Å². The fraction of sp³-hybridized carbons (Fsp3) is 0.750. The molecule has 2 rings (SSSR count). The molecule has 0 aromatic carbocycles. The van der Waals surface area contributed by atoms with Crippen molar-refractivity contribution in [1.82, 2.24) is 15.4 Å². The van der Waals surface area contributed by atoms with Crippen LogP contribution in [0, 0.1) is 0 Å². The van der Waals surface area contributed by atoms with Crippen molar-refractivity contribution in [2.45, 2.75) is 39.7 Å². The van der Waals surface area contributed by atoms with E-state index in [-0.39, 0.29) is 24.0 Å². The molecule has 0 saturated carbocycles. The maximum absolute atomic E-state index is 5.95. The van der Waals surface area contributed by atoms with Gasteiger partial charge in [-0.25, -0.2) is 4.99 Å². The van der Waals surface area contributed by atoms with Crippen molar-refractivity contribution in [3.63, 3.8) is 0 Å². The molecule has 1 fully saturated rings. The van der Waals surface area contributed by atoms with E-state index in [2.05, 4.69) is 34.2 Å². The van der Waals surface area contributed by atoms with E-state index in [0.29, 0.717) is 12.5 Å². The predicted octanol–water partition coefficient (Wildman–Crippen LogP) is 1.54. The molecule has 0 unspecified atom stereocenters. The predicted molar refractivity (Wildman–Crippen MR) is 106 cm³/mol. The quantitative estimate of drug-likeness (QED) is 0.270. The van der Waals surface area contributed by atoms with Gasteiger partial charge in [0, 0.05) is 31.6 Å². The van der Waals surface area contributed by atoms with Crippen LogP contribution < -0.4 is 11.1 Å². The van der Waals surface area contributed by atoms with E-state index in [0.717, 1.165) is 75.7 Å². The van der Waals surface area contributed by atoms with Crippen molar-refractivity contribution >= 4 is 29.9 Å². The Morgan fingerprint density at radius 2 is 2.04 bits per heavy atom. The summed E-state index contributed by atoms with van der Waals surface area (Å²) >= 11 is 0. The number of halogens is 1. The summed E-state index contributed by atoms with van der Waals surface area (Å²) in [7, 11) is 0. The Morgan fingerprint density at radius 3 is 2.71 bits per heavy atom. The highest BCUT2D eigenvalue weighted by molar-refractivity contribution is 14.0. The fourth-order valence-corrected chi connectivity index (χ4v) is 2.68. The van der Waals surface area contributed by atoms with Crippen molar-refractivity contribution in [2.75, 3.05) is 39.4 Å². The number of morpholine rings is 1. The van der Waals surface area contributed by atoms with Gasteiger partial charge in [-0.15, -0.1) is 24.0 Å². The Balaban J connectivity index is 0.00000288. The van der Waals surface area contributed by atoms with Gasteiger partial charge in [-0.3, -0.25) is 4.90 Å². The molecular formula is C16H30IN5O2. The molecule has 0 atom stereocenters. The van der Waals surface area contributed by atoms with E-state index in [1.54, 1.807) is 0 Å². The zero-order valence-electron chi connectivity index (χ0n) is 14.7. The summed E-state index contributed by atoms with van der Waals surface area (Å²) in [6.45, 7) is 10.3. The van der Waals surface area contributed by atoms with Crippen LogP contribution in [0.4, 0.5) is 0 Å². The summed E-state index contributed by atoms with van der Waals surface area (Å²) in [4.78, 5) is 6.83. The fourth-order valence-electron chi connectivity index (χ4n) is 2.68. The second-order valence-corrected chi connectivity index (χ2v) is 5.67. The topological polar surface area (TPSA) is 88.9 Å². The number of hydrogen-bond acceptors (Lipinski definition) is 5. The first-order valence-electron chi connectivity index (χ1n) is 8.54. The molecule has 8 heteroatoms. The Morgan fingerprint density at radius 1 is 1.29 bits per heavy atom. The molecule has 2 heterocycles. The average molecular weight is 451 g/mol. The molecule has 1 aliphatic heterocycles. The van der Waals surface area contributed by atoms with Crippen LogP contribution in [0.3, 0.4) is 0 Å². The zero-order valence-corrected chi connectivity index (χ0v) is 17.0. The lowest BCUT2D eigenvalue weighted by atomic mass is 10.1. The second-order valence-electron chi connectivity index (χ2n) is 5.67. The van der Waals surface area contributed by atoms with E-state index < -0.39 is 0 Å². The molecule has 1 aromatic heterocycles. The largest absolute Gasteiger partial charge is 0.379 e. The van der Waals surface area contributed by atoms with Crippen molar-refractivity contribution < 1.29 is 9.26 Å². The number of aliphatic imine (C=N–C) groups is 1. The van der Waals surface area contributed by atoms with Crippen molar-refractivity contribution in [1.29, 1.82) is 0 Å². The summed E-state index contributed by atoms with van der Waals surface area (Å²) in [6.07, 6.45) is 2.72. The number of rotatable bonds is 8. The molecule has 1 aliphatic rings. The third-order valence-corrected chi connectivity index (χ3v) is 4.08. The Labute approximate surface area is 161 Å². The molecule has 0 spiro atoms. The number of nitrogens with one attached hydrogen (secondary N) is 1. The molecular weight excluding hydrogens is 421 g/mol. The van der Waals surface area contributed by atoms with Gasteiger partial charge in [0.1, 0.15) is 5.76 Å². The third kappa shape index (κ3) is 6.56. The van der Waals surface area contributed by atoms with Gasteiger partial charge >= 0.3 is 0 Å². The Hall–Kier alpha value is -0.870. The maximum atomic E-state index is 5.95. The summed E-state index contributed by atoms with van der Waals surface area (Å²) in [5, 5.41) is 7.27. The van der Waals surface area contributed by atoms with Crippen LogP contribution in [0.2, 0.25) is 0 Å². The number of guanidine groups is 1. The van der Waals surface area contributed by atoms with Crippen LogP contribution in [0.25, 0.3) is 0 Å². The number of hydrogen-bond donors (Lipinski definition) is 2. The molecule has 1 saturated heterocycles. The highest BCUT2D eigenvalue weighted by Crippen LogP contribution is 2.16. The van der Waals surface area contributed by atoms with Crippen LogP contribution >= 0.6 is 24.0 Å². The van der Waals surface area contributed by atoms with Crippen LogP contribution in [0.15, 0.2) is 9.52 Å². The lowest BCUT2D eigenvalue weighted by Gasteiger charge is -2.26. The molecule has 138 valence electrons. The smallest absolute Gasteiger partial charge is 0.188 e. The van der Waals surface area contributed by atoms with Gasteiger partial charge in [0.2, 0.25) is 0 Å². The molecule has 7 nitrogen and oxygen atoms in total. The minimum absolute atomic E-state index is 0. The van der Waals surface area contributed by atoms with Gasteiger partial charge in [0.15, 0.2) is 5.96 Å². The monoisotopic (exact) mass is 451 g/mol. The molecule has 1 aromatic rings. The average Bonchev–Trinajstić information content (AvgIpc) is 2.99. The second kappa shape index (κ2) is 11.6. The van der Waals surface area contributed by atoms with Crippen LogP contribution in [0.1, 0.15) is 37.3 Å². The molecule has 24 heavy (non-hydrogen) atoms. The first-order valence-corrected chi connectivity index (χ1v) is 8.54. The first-order chi connectivity index (χ1) is 11.2. The summed E-state index contributed by atoms with van der Waals surface area (Å²) in [5.74, 6) is 1.39. The van der Waals surface area contributed by atoms with Crippen molar-refractivity contribution in [2.24, 2.45) is 10.7 Å². The summed E-state index contributed by atoms with van der Waals surface area (Å²) in [5.41, 5.74) is 8.00. The zero-order chi connectivity index (χ0) is 16.5. The molecule has 0 radical (unpaired) electrons. The van der Waals surface area contributed by atoms with E-state index in [4.69, 9.17) is 15.0 Å². The van der Waals surface area contributed by atoms with Gasteiger partial charge < -0.3 is 20.3 Å². The molecule has 3 N–H and O–H groups in total. The lowest BCUT2D eigenvalue weighted by molar-refractivity contribution is 0.0376. The minimum Gasteiger partial charge on any atom is -0.379 e. The van der Waals surface area contributed by atoms with E-state index in [1.165, 1.54) is 0 Å². The van der Waals surface area contributed by atoms with Gasteiger partial charge in [0.05, 0.1) is 25.5 Å². The van der Waals surface area contributed by atoms with Crippen molar-refractivity contribution in [3.8, 4) is 0 Å². The number of aromatic nitrogens is 1. The normalized spacial score (nSPS) is 16.0. The summed E-state index contributed by atoms with van der Waals surface area (Å²) in [6, 6.07) is 0. The molecule has 0 bridgehead atoms. The number of nitrogens with zero attached hydrogens (tertiary/aromatic N) is 3. The standard InChI is InChI=1S/C16H29N5O2.HI/c1-3-14-13(15(4-2)23-20-14)12-19-16(17)18-6-5-7-21-8-10-22-11-9-21;/h3-12H2,1-2H3,(H3,17,18,19);1H. The minimum atomic E-state index is 0. The number of nitrogens with two attached hydrogens (primary N) is 1. The van der Waals surface area contributed by atoms with Gasteiger partial charge in [-0.2, -0.15) is 0 Å². The highest BCUT2D eigenvalue weighted by Gasteiger charge is 2.13. The van der Waals surface area contributed by atoms with Gasteiger partial charge in [-0.1, -0.05) is 19.0 Å². The molecule has 0 aliphatic carbocycles. The summed E-state index contributed by atoms with van der Waals surface area (Å²) < 4.78 is 10.7. The number of ether oxygens (including phenoxy) is 1. The van der Waals surface area contributed by atoms with Crippen LogP contribution in [-0.4, -0.2) is 55.4 Å². The maximum Gasteiger partial charge on any atom is 0.188 e. The van der Waals surface area contributed by atoms with Crippen LogP contribution in [-0.2, 0) is 24.1 Å². The Kier molecular flexibility index (Phi) is 10.3. The highest BCUT2D eigenvalue weighted by atomic mass is 127. The van der Waals surface area contributed by atoms with E-state index >= 15 is 0 Å². The lowest BCUT2D eigenvalue weighted by Crippen LogP contribution is -2.39. The SMILES string of the molecule is CCc1noc(CC)c1CN=C(N)NCCCN1CCOCC1.I. The van der Waals surface area contributed by atoms with E-state index in [9.17, 15) is 0 Å². The van der Waals surface area contributed by atoms with Gasteiger partial charge in [-0.05, 0) is 19.4 Å².